The van der Waals surface area contributed by atoms with Gasteiger partial charge in [0, 0.05) is 26.2 Å². The van der Waals surface area contributed by atoms with Crippen LogP contribution in [0.15, 0.2) is 30.3 Å². The SMILES string of the molecule is CSN1CC=C(c2ccc(OCCC3CCN(C(=O)OC(C)C)CC3)cc2)CC1. The topological polar surface area (TPSA) is 42.0 Å². The van der Waals surface area contributed by atoms with Crippen LogP contribution >= 0.6 is 11.9 Å². The Morgan fingerprint density at radius 3 is 2.48 bits per heavy atom. The Morgan fingerprint density at radius 2 is 1.90 bits per heavy atom. The first-order valence-electron chi connectivity index (χ1n) is 10.7. The number of carbonyl (C=O) groups excluding carboxylic acids is 1. The van der Waals surface area contributed by atoms with Gasteiger partial charge in [-0.2, -0.15) is 0 Å². The third-order valence-electron chi connectivity index (χ3n) is 5.66. The van der Waals surface area contributed by atoms with Gasteiger partial charge in [0.1, 0.15) is 5.75 Å². The smallest absolute Gasteiger partial charge is 0.410 e. The molecule has 2 aliphatic rings. The van der Waals surface area contributed by atoms with Gasteiger partial charge in [0.15, 0.2) is 0 Å². The molecule has 1 saturated heterocycles. The fourth-order valence-electron chi connectivity index (χ4n) is 3.87. The first-order valence-corrected chi connectivity index (χ1v) is 11.9. The van der Waals surface area contributed by atoms with Crippen molar-refractivity contribution in [3.05, 3.63) is 35.9 Å². The molecule has 1 aromatic rings. The first-order chi connectivity index (χ1) is 14.0. The van der Waals surface area contributed by atoms with Gasteiger partial charge in [0.25, 0.3) is 0 Å². The number of amides is 1. The summed E-state index contributed by atoms with van der Waals surface area (Å²) in [6.07, 6.45) is 8.42. The van der Waals surface area contributed by atoms with Crippen molar-refractivity contribution in [2.24, 2.45) is 5.92 Å². The van der Waals surface area contributed by atoms with Gasteiger partial charge in [-0.1, -0.05) is 30.2 Å². The van der Waals surface area contributed by atoms with Crippen molar-refractivity contribution >= 4 is 23.6 Å². The van der Waals surface area contributed by atoms with Gasteiger partial charge < -0.3 is 14.4 Å². The normalized spacial score (nSPS) is 18.6. The highest BCUT2D eigenvalue weighted by atomic mass is 32.2. The molecule has 160 valence electrons. The molecule has 0 saturated carbocycles. The maximum absolute atomic E-state index is 12.0. The average Bonchev–Trinajstić information content (AvgIpc) is 2.74. The van der Waals surface area contributed by atoms with E-state index in [1.807, 2.05) is 30.7 Å². The predicted octanol–water partition coefficient (Wildman–Crippen LogP) is 5.08. The maximum atomic E-state index is 12.0. The fourth-order valence-corrected chi connectivity index (χ4v) is 4.37. The van der Waals surface area contributed by atoms with Crippen LogP contribution in [-0.4, -0.2) is 60.4 Å². The van der Waals surface area contributed by atoms with E-state index in [4.69, 9.17) is 9.47 Å². The van der Waals surface area contributed by atoms with E-state index in [0.29, 0.717) is 5.92 Å². The Bertz CT molecular complexity index is 682. The molecule has 2 aliphatic heterocycles. The van der Waals surface area contributed by atoms with E-state index in [2.05, 4.69) is 40.9 Å². The second kappa shape index (κ2) is 10.9. The second-order valence-electron chi connectivity index (χ2n) is 8.07. The molecule has 0 unspecified atom stereocenters. The van der Waals surface area contributed by atoms with E-state index < -0.39 is 0 Å². The molecule has 5 nitrogen and oxygen atoms in total. The lowest BCUT2D eigenvalue weighted by molar-refractivity contribution is 0.0637. The second-order valence-corrected chi connectivity index (χ2v) is 8.96. The van der Waals surface area contributed by atoms with Crippen LogP contribution in [0.4, 0.5) is 4.79 Å². The number of carbonyl (C=O) groups is 1. The van der Waals surface area contributed by atoms with Crippen LogP contribution in [0.25, 0.3) is 5.57 Å². The summed E-state index contributed by atoms with van der Waals surface area (Å²) in [6.45, 7) is 8.20. The highest BCUT2D eigenvalue weighted by molar-refractivity contribution is 7.96. The summed E-state index contributed by atoms with van der Waals surface area (Å²) < 4.78 is 13.6. The number of ether oxygens (including phenoxy) is 2. The Kier molecular flexibility index (Phi) is 8.30. The Labute approximate surface area is 179 Å². The molecular formula is C23H34N2O3S. The van der Waals surface area contributed by atoms with Gasteiger partial charge in [-0.25, -0.2) is 9.10 Å². The van der Waals surface area contributed by atoms with Gasteiger partial charge in [-0.05, 0) is 75.0 Å². The summed E-state index contributed by atoms with van der Waals surface area (Å²) in [7, 11) is 0. The van der Waals surface area contributed by atoms with E-state index in [1.54, 1.807) is 0 Å². The summed E-state index contributed by atoms with van der Waals surface area (Å²) in [4.78, 5) is 13.8. The van der Waals surface area contributed by atoms with Crippen LogP contribution in [-0.2, 0) is 4.74 Å². The van der Waals surface area contributed by atoms with Crippen molar-refractivity contribution in [3.8, 4) is 5.75 Å². The lowest BCUT2D eigenvalue weighted by Crippen LogP contribution is -2.39. The molecule has 1 fully saturated rings. The molecule has 0 spiro atoms. The molecule has 3 rings (SSSR count). The average molecular weight is 419 g/mol. The first kappa shape index (κ1) is 22.0. The van der Waals surface area contributed by atoms with Crippen molar-refractivity contribution in [1.82, 2.24) is 9.21 Å². The Morgan fingerprint density at radius 1 is 1.17 bits per heavy atom. The van der Waals surface area contributed by atoms with Gasteiger partial charge in [-0.3, -0.25) is 0 Å². The number of hydrogen-bond acceptors (Lipinski definition) is 5. The molecule has 2 heterocycles. The summed E-state index contributed by atoms with van der Waals surface area (Å²) >= 11 is 1.81. The highest BCUT2D eigenvalue weighted by Gasteiger charge is 2.24. The largest absolute Gasteiger partial charge is 0.494 e. The van der Waals surface area contributed by atoms with E-state index in [0.717, 1.165) is 64.2 Å². The number of piperidine rings is 1. The highest BCUT2D eigenvalue weighted by Crippen LogP contribution is 2.27. The number of likely N-dealkylation sites (tertiary alicyclic amines) is 1. The molecule has 0 N–H and O–H groups in total. The van der Waals surface area contributed by atoms with E-state index >= 15 is 0 Å². The minimum atomic E-state index is -0.177. The number of rotatable bonds is 7. The van der Waals surface area contributed by atoms with Gasteiger partial charge in [0.2, 0.25) is 0 Å². The molecule has 0 aromatic heterocycles. The van der Waals surface area contributed by atoms with Crippen LogP contribution in [0.2, 0.25) is 0 Å². The monoisotopic (exact) mass is 418 g/mol. The van der Waals surface area contributed by atoms with E-state index in [-0.39, 0.29) is 12.2 Å². The number of benzene rings is 1. The van der Waals surface area contributed by atoms with Crippen LogP contribution in [0.5, 0.6) is 5.75 Å². The zero-order chi connectivity index (χ0) is 20.6. The van der Waals surface area contributed by atoms with Crippen LogP contribution in [0.3, 0.4) is 0 Å². The van der Waals surface area contributed by atoms with Gasteiger partial charge in [0.05, 0.1) is 12.7 Å². The standard InChI is InChI=1S/C23H34N2O3S/c1-18(2)28-23(26)24-13-8-19(9-14-24)12-17-27-22-6-4-20(5-7-22)21-10-15-25(29-3)16-11-21/h4-7,10,18-19H,8-9,11-17H2,1-3H3. The minimum Gasteiger partial charge on any atom is -0.494 e. The molecule has 6 heteroatoms. The summed E-state index contributed by atoms with van der Waals surface area (Å²) in [5.74, 6) is 1.55. The van der Waals surface area contributed by atoms with E-state index in [9.17, 15) is 4.79 Å². The summed E-state index contributed by atoms with van der Waals surface area (Å²) in [6, 6.07) is 8.52. The van der Waals surface area contributed by atoms with Gasteiger partial charge >= 0.3 is 6.09 Å². The molecule has 0 bridgehead atoms. The van der Waals surface area contributed by atoms with Crippen molar-refractivity contribution in [2.75, 3.05) is 39.0 Å². The minimum absolute atomic E-state index is 0.0561. The lowest BCUT2D eigenvalue weighted by atomic mass is 9.94. The maximum Gasteiger partial charge on any atom is 0.410 e. The fraction of sp³-hybridized carbons (Fsp3) is 0.609. The zero-order valence-corrected chi connectivity index (χ0v) is 18.7. The Hall–Kier alpha value is -1.66. The summed E-state index contributed by atoms with van der Waals surface area (Å²) in [5.41, 5.74) is 2.74. The quantitative estimate of drug-likeness (QED) is 0.578. The number of nitrogens with zero attached hydrogens (tertiary/aromatic N) is 2. The molecule has 0 radical (unpaired) electrons. The third kappa shape index (κ3) is 6.68. The van der Waals surface area contributed by atoms with Crippen molar-refractivity contribution in [3.63, 3.8) is 0 Å². The molecular weight excluding hydrogens is 384 g/mol. The molecule has 1 amide bonds. The van der Waals surface area contributed by atoms with Crippen molar-refractivity contribution < 1.29 is 14.3 Å². The van der Waals surface area contributed by atoms with Crippen LogP contribution in [0.1, 0.15) is 45.1 Å². The lowest BCUT2D eigenvalue weighted by Gasteiger charge is -2.31. The predicted molar refractivity (Wildman–Crippen MR) is 120 cm³/mol. The van der Waals surface area contributed by atoms with Crippen molar-refractivity contribution in [1.29, 1.82) is 0 Å². The molecule has 1 aromatic carbocycles. The van der Waals surface area contributed by atoms with E-state index in [1.165, 1.54) is 11.1 Å². The zero-order valence-electron chi connectivity index (χ0n) is 17.9. The van der Waals surface area contributed by atoms with Crippen molar-refractivity contribution in [2.45, 2.75) is 45.6 Å². The van der Waals surface area contributed by atoms with Crippen LogP contribution in [0, 0.1) is 5.92 Å². The Balaban J connectivity index is 1.37. The molecule has 0 atom stereocenters. The van der Waals surface area contributed by atoms with Crippen LogP contribution < -0.4 is 4.74 Å². The van der Waals surface area contributed by atoms with Gasteiger partial charge in [-0.15, -0.1) is 0 Å². The number of hydrogen-bond donors (Lipinski definition) is 0. The molecule has 0 aliphatic carbocycles. The summed E-state index contributed by atoms with van der Waals surface area (Å²) in [5, 5.41) is 0. The molecule has 29 heavy (non-hydrogen) atoms. The third-order valence-corrected chi connectivity index (χ3v) is 6.51.